The Morgan fingerprint density at radius 2 is 0.689 bits per heavy atom. The highest BCUT2D eigenvalue weighted by Crippen LogP contribution is 2.32. The summed E-state index contributed by atoms with van der Waals surface area (Å²) >= 11 is 0. The van der Waals surface area contributed by atoms with Crippen LogP contribution in [0, 0.1) is 59.2 Å². The molecular formula is C70H144N18O2. The highest BCUT2D eigenvalue weighted by molar-refractivity contribution is 4.97. The van der Waals surface area contributed by atoms with Gasteiger partial charge in [-0.05, 0) is 333 Å². The molecule has 0 bridgehead atoms. The lowest BCUT2D eigenvalue weighted by Gasteiger charge is -2.36. The second-order valence-electron chi connectivity index (χ2n) is 30.1. The van der Waals surface area contributed by atoms with E-state index in [1.165, 1.54) is 285 Å². The van der Waals surface area contributed by atoms with Gasteiger partial charge >= 0.3 is 0 Å². The van der Waals surface area contributed by atoms with Crippen molar-refractivity contribution in [2.24, 2.45) is 59.2 Å². The number of likely N-dealkylation sites (tertiary alicyclic amines) is 3. The molecule has 10 unspecified atom stereocenters. The van der Waals surface area contributed by atoms with Crippen LogP contribution >= 0.6 is 0 Å². The van der Waals surface area contributed by atoms with Crippen LogP contribution in [0.15, 0.2) is 0 Å². The molecule has 526 valence electrons. The van der Waals surface area contributed by atoms with Gasteiger partial charge in [-0.15, -0.1) is 0 Å². The quantitative estimate of drug-likeness (QED) is 0.175. The maximum absolute atomic E-state index is 8.44. The van der Waals surface area contributed by atoms with E-state index in [0.29, 0.717) is 6.61 Å². The van der Waals surface area contributed by atoms with Gasteiger partial charge < -0.3 is 83.4 Å². The van der Waals surface area contributed by atoms with Crippen molar-refractivity contribution in [3.8, 4) is 0 Å². The van der Waals surface area contributed by atoms with Gasteiger partial charge in [0.05, 0.1) is 13.2 Å². The van der Waals surface area contributed by atoms with E-state index >= 15 is 0 Å². The summed E-state index contributed by atoms with van der Waals surface area (Å²) in [5, 5.41) is 58.8. The fourth-order valence-electron chi connectivity index (χ4n) is 17.8. The van der Waals surface area contributed by atoms with Crippen molar-refractivity contribution in [3.63, 3.8) is 0 Å². The minimum Gasteiger partial charge on any atom is -0.395 e. The van der Waals surface area contributed by atoms with Crippen molar-refractivity contribution >= 4 is 0 Å². The first-order chi connectivity index (χ1) is 44.4. The molecule has 90 heavy (non-hydrogen) atoms. The molecule has 15 saturated heterocycles. The molecule has 15 aliphatic heterocycles. The van der Waals surface area contributed by atoms with Crippen molar-refractivity contribution in [2.45, 2.75) is 159 Å². The predicted octanol–water partition coefficient (Wildman–Crippen LogP) is 1.80. The van der Waals surface area contributed by atoms with Crippen molar-refractivity contribution in [1.82, 2.24) is 94.1 Å². The number of nitrogens with zero attached hydrogens (tertiary/aromatic N) is 5. The van der Waals surface area contributed by atoms with E-state index in [-0.39, 0.29) is 6.61 Å². The van der Waals surface area contributed by atoms with Crippen LogP contribution in [0.5, 0.6) is 0 Å². The van der Waals surface area contributed by atoms with Crippen molar-refractivity contribution in [3.05, 3.63) is 0 Å². The minimum atomic E-state index is 0.257. The topological polar surface area (TPSA) is 213 Å². The van der Waals surface area contributed by atoms with Crippen LogP contribution < -0.4 is 69.3 Å². The summed E-state index contributed by atoms with van der Waals surface area (Å²) in [5.74, 6) is 9.83. The Morgan fingerprint density at radius 1 is 0.322 bits per heavy atom. The van der Waals surface area contributed by atoms with Crippen molar-refractivity contribution in [2.75, 3.05) is 231 Å². The maximum Gasteiger partial charge on any atom is 0.0572 e. The first kappa shape index (κ1) is 75.0. The Morgan fingerprint density at radius 3 is 1.01 bits per heavy atom. The molecule has 20 nitrogen and oxygen atoms in total. The average molecular weight is 1270 g/mol. The number of hydrogen-bond acceptors (Lipinski definition) is 20. The number of nitrogens with one attached hydrogen (secondary N) is 13. The Hall–Kier alpha value is -0.800. The molecule has 10 atom stereocenters. The highest BCUT2D eigenvalue weighted by atomic mass is 16.3. The SMILES string of the molecule is C1CC2CNCCC2CN1.C1CC2CNCCC2CN1.C1CCC2NCCCC2C1.C1CCC2NCCCC2C1.C1NCC2CNCC12.C1NCC2CNCC12.CN1CCC2C1CCN2C.CNCCN1CCCN1.OCCN1CCC1.OCCN1CCCN1. The average Bonchev–Trinajstić information content (AvgIpc) is 1.96. The summed E-state index contributed by atoms with van der Waals surface area (Å²) in [5.41, 5.74) is 6.42. The fraction of sp³-hybridized carbons (Fsp3) is 1.00. The molecular weight excluding hydrogens is 1120 g/mol. The third-order valence-corrected chi connectivity index (χ3v) is 23.8. The Kier molecular flexibility index (Phi) is 37.4. The number of rotatable bonds is 7. The lowest BCUT2D eigenvalue weighted by Crippen LogP contribution is -2.46. The zero-order valence-electron chi connectivity index (χ0n) is 58.2. The number of β-amino-alcohol motifs (C(OH)–C–C–N with tert-alkyl or cyclic N) is 2. The van der Waals surface area contributed by atoms with Crippen molar-refractivity contribution < 1.29 is 10.2 Å². The normalized spacial score (nSPS) is 36.6. The first-order valence-electron chi connectivity index (χ1n) is 38.5. The molecule has 17 aliphatic rings. The number of aliphatic hydroxyl groups excluding tert-OH is 2. The third kappa shape index (κ3) is 26.9. The van der Waals surface area contributed by atoms with Crippen LogP contribution in [0.25, 0.3) is 0 Å². The predicted molar refractivity (Wildman–Crippen MR) is 375 cm³/mol. The molecule has 0 spiro atoms. The van der Waals surface area contributed by atoms with E-state index in [4.69, 9.17) is 10.2 Å². The van der Waals surface area contributed by atoms with E-state index < -0.39 is 0 Å². The van der Waals surface area contributed by atoms with Crippen LogP contribution in [-0.2, 0) is 0 Å². The van der Waals surface area contributed by atoms with Gasteiger partial charge in [0.15, 0.2) is 0 Å². The smallest absolute Gasteiger partial charge is 0.0572 e. The van der Waals surface area contributed by atoms with Gasteiger partial charge in [0.25, 0.3) is 0 Å². The Labute approximate surface area is 550 Å². The Balaban J connectivity index is 0.000000129. The van der Waals surface area contributed by atoms with Crippen LogP contribution in [0.2, 0.25) is 0 Å². The second kappa shape index (κ2) is 44.9. The van der Waals surface area contributed by atoms with Crippen LogP contribution in [-0.4, -0.2) is 290 Å². The van der Waals surface area contributed by atoms with E-state index in [2.05, 4.69) is 103 Å². The molecule has 0 aromatic rings. The second-order valence-corrected chi connectivity index (χ2v) is 30.1. The molecule has 2 aliphatic carbocycles. The van der Waals surface area contributed by atoms with E-state index in [1.807, 2.05) is 12.1 Å². The molecule has 0 aromatic heterocycles. The summed E-state index contributed by atoms with van der Waals surface area (Å²) in [7, 11) is 6.49. The molecule has 17 fully saturated rings. The maximum atomic E-state index is 8.44. The summed E-state index contributed by atoms with van der Waals surface area (Å²) in [6.45, 7) is 36.5. The standard InChI is InChI=1S/2C9H17N.3C8H16N2.C6H15N3.2C6H12N2.C5H12N2O.C5H11NO/c2*1-2-6-9-8(4-1)5-3-7-10-9;1-9-5-3-8-7(9)4-6-10(8)2;2*1-3-9-6-8-2-4-10-5-7(1)8;1-7-4-6-9-5-2-3-8-9;2*1-5-2-8-4-6(5)3-7-1;8-5-4-7-3-1-2-6-7;7-5-4-6-2-1-3-6/h2*8-10H,1-7H2;7-8H,3-6H2,1-2H3;2*7-10H,1-6H2;7-8H,2-6H2,1H3;2*5-8H,1-4H2;6,8H,1-5H2;7H,1-5H2. The van der Waals surface area contributed by atoms with Crippen LogP contribution in [0.1, 0.15) is 135 Å². The van der Waals surface area contributed by atoms with Gasteiger partial charge in [0, 0.05) is 76.5 Å². The molecule has 0 aromatic carbocycles. The molecule has 2 saturated carbocycles. The summed E-state index contributed by atoms with van der Waals surface area (Å²) in [6.07, 6.45) is 29.8. The zero-order chi connectivity index (χ0) is 62.6. The van der Waals surface area contributed by atoms with Crippen molar-refractivity contribution in [1.29, 1.82) is 0 Å². The Bertz CT molecular complexity index is 1470. The van der Waals surface area contributed by atoms with Crippen LogP contribution in [0.4, 0.5) is 0 Å². The zero-order valence-corrected chi connectivity index (χ0v) is 58.2. The largest absolute Gasteiger partial charge is 0.395 e. The highest BCUT2D eigenvalue weighted by Gasteiger charge is 2.39. The fourth-order valence-corrected chi connectivity index (χ4v) is 17.8. The van der Waals surface area contributed by atoms with E-state index in [9.17, 15) is 0 Å². The van der Waals surface area contributed by atoms with Gasteiger partial charge in [0.2, 0.25) is 0 Å². The van der Waals surface area contributed by atoms with E-state index in [0.717, 1.165) is 129 Å². The summed E-state index contributed by atoms with van der Waals surface area (Å²) in [6, 6.07) is 3.57. The number of hydrogen-bond donors (Lipinski definition) is 15. The lowest BCUT2D eigenvalue weighted by molar-refractivity contribution is 0.139. The number of piperidine rings is 6. The molecule has 20 heteroatoms. The van der Waals surface area contributed by atoms with Gasteiger partial charge in [-0.2, -0.15) is 0 Å². The van der Waals surface area contributed by atoms with E-state index in [1.54, 1.807) is 0 Å². The number of hydrazine groups is 2. The van der Waals surface area contributed by atoms with Gasteiger partial charge in [-0.3, -0.25) is 10.9 Å². The minimum absolute atomic E-state index is 0.257. The van der Waals surface area contributed by atoms with Gasteiger partial charge in [-0.1, -0.05) is 25.7 Å². The number of likely N-dealkylation sites (N-methyl/N-ethyl adjacent to an activating group) is 3. The summed E-state index contributed by atoms with van der Waals surface area (Å²) in [4.78, 5) is 7.25. The monoisotopic (exact) mass is 1270 g/mol. The molecule has 17 rings (SSSR count). The number of aliphatic hydroxyl groups is 2. The van der Waals surface area contributed by atoms with Crippen LogP contribution in [0.3, 0.4) is 0 Å². The van der Waals surface area contributed by atoms with Gasteiger partial charge in [0.1, 0.15) is 0 Å². The first-order valence-corrected chi connectivity index (χ1v) is 38.5. The molecule has 0 amide bonds. The molecule has 0 radical (unpaired) electrons. The lowest BCUT2D eigenvalue weighted by atomic mass is 9.80. The number of fused-ring (bicyclic) bond motifs is 7. The summed E-state index contributed by atoms with van der Waals surface area (Å²) < 4.78 is 0. The van der Waals surface area contributed by atoms with Gasteiger partial charge in [-0.25, -0.2) is 10.0 Å². The third-order valence-electron chi connectivity index (χ3n) is 23.8. The molecule has 15 N–H and O–H groups in total. The molecule has 15 heterocycles.